The average Bonchev–Trinajstić information content (AvgIpc) is 2.98. The number of aliphatic carboxylic acids is 2. The number of likely N-dealkylation sites (tertiary alicyclic amines) is 1. The van der Waals surface area contributed by atoms with Crippen molar-refractivity contribution in [2.24, 2.45) is 0 Å². The molecular formula is C16H23N3O6. The van der Waals surface area contributed by atoms with E-state index in [1.807, 2.05) is 18.5 Å². The first-order valence-corrected chi connectivity index (χ1v) is 7.85. The predicted molar refractivity (Wildman–Crippen MR) is 88.3 cm³/mol. The summed E-state index contributed by atoms with van der Waals surface area (Å²) in [5, 5.41) is 26.5. The summed E-state index contributed by atoms with van der Waals surface area (Å²) in [6, 6.07) is 3.42. The summed E-state index contributed by atoms with van der Waals surface area (Å²) in [4.78, 5) is 36.9. The van der Waals surface area contributed by atoms with Crippen LogP contribution in [0.1, 0.15) is 37.3 Å². The molecule has 0 aliphatic carbocycles. The number of amides is 1. The fourth-order valence-electron chi connectivity index (χ4n) is 2.58. The molecule has 0 saturated carbocycles. The number of hydrogen-bond acceptors (Lipinski definition) is 5. The molecule has 138 valence electrons. The molecule has 4 N–H and O–H groups in total. The van der Waals surface area contributed by atoms with Crippen LogP contribution in [0.5, 0.6) is 0 Å². The van der Waals surface area contributed by atoms with Gasteiger partial charge in [-0.2, -0.15) is 0 Å². The summed E-state index contributed by atoms with van der Waals surface area (Å²) >= 11 is 0. The largest absolute Gasteiger partial charge is 0.481 e. The van der Waals surface area contributed by atoms with Crippen molar-refractivity contribution in [3.63, 3.8) is 0 Å². The number of pyridine rings is 1. The van der Waals surface area contributed by atoms with Gasteiger partial charge in [-0.05, 0) is 44.5 Å². The van der Waals surface area contributed by atoms with Crippen molar-refractivity contribution in [2.45, 2.75) is 37.8 Å². The molecule has 1 aliphatic heterocycles. The Bertz CT molecular complexity index is 580. The van der Waals surface area contributed by atoms with Crippen molar-refractivity contribution >= 4 is 18.0 Å². The number of nitrogens with one attached hydrogen (secondary N) is 1. The molecule has 2 unspecified atom stereocenters. The van der Waals surface area contributed by atoms with Crippen molar-refractivity contribution in [3.8, 4) is 0 Å². The zero-order valence-corrected chi connectivity index (χ0v) is 14.0. The molecule has 1 aliphatic rings. The first kappa shape index (κ1) is 20.4. The maximum atomic E-state index is 10.3. The quantitative estimate of drug-likeness (QED) is 0.602. The summed E-state index contributed by atoms with van der Waals surface area (Å²) in [7, 11) is 2.19. The molecule has 2 heterocycles. The molecule has 0 radical (unpaired) electrons. The summed E-state index contributed by atoms with van der Waals surface area (Å²) in [5.74, 6) is -2.55. The molecule has 1 fully saturated rings. The number of hydrogen-bond donors (Lipinski definition) is 4. The molecule has 1 aromatic heterocycles. The number of rotatable bonds is 6. The Morgan fingerprint density at radius 2 is 2.08 bits per heavy atom. The Balaban J connectivity index is 0.000000250. The van der Waals surface area contributed by atoms with Gasteiger partial charge in [-0.25, -0.2) is 9.59 Å². The summed E-state index contributed by atoms with van der Waals surface area (Å²) in [6.07, 6.45) is 4.26. The molecule has 2 atom stereocenters. The standard InChI is InChI=1S/C10H14N2.C6H9NO6/c1-12-7-3-5-10(12)9-4-2-6-11-8-9;8-4(9)2-1-3(5(10)11)7-6(12)13/h2,4,6,8,10H,3,5,7H2,1H3;3,7H,1-2H2,(H,8,9)(H,10,11)(H,12,13). The third-order valence-corrected chi connectivity index (χ3v) is 3.83. The molecule has 25 heavy (non-hydrogen) atoms. The maximum Gasteiger partial charge on any atom is 0.405 e. The zero-order valence-electron chi connectivity index (χ0n) is 14.0. The van der Waals surface area contributed by atoms with Crippen molar-refractivity contribution in [1.29, 1.82) is 0 Å². The highest BCUT2D eigenvalue weighted by atomic mass is 16.4. The first-order valence-electron chi connectivity index (χ1n) is 7.85. The van der Waals surface area contributed by atoms with E-state index in [1.54, 1.807) is 5.32 Å². The molecular weight excluding hydrogens is 330 g/mol. The Morgan fingerprint density at radius 1 is 1.36 bits per heavy atom. The van der Waals surface area contributed by atoms with E-state index in [4.69, 9.17) is 15.3 Å². The van der Waals surface area contributed by atoms with Crippen LogP contribution in [-0.2, 0) is 9.59 Å². The lowest BCUT2D eigenvalue weighted by Crippen LogP contribution is -2.40. The SMILES string of the molecule is CN1CCCC1c1cccnc1.O=C(O)CCC(NC(=O)O)C(=O)O. The smallest absolute Gasteiger partial charge is 0.405 e. The minimum atomic E-state index is -1.49. The van der Waals surface area contributed by atoms with Crippen molar-refractivity contribution in [2.75, 3.05) is 13.6 Å². The number of carboxylic acids is 2. The van der Waals surface area contributed by atoms with E-state index in [0.717, 1.165) is 0 Å². The van der Waals surface area contributed by atoms with Gasteiger partial charge in [0.05, 0.1) is 0 Å². The van der Waals surface area contributed by atoms with Crippen LogP contribution in [0.15, 0.2) is 24.5 Å². The minimum Gasteiger partial charge on any atom is -0.481 e. The van der Waals surface area contributed by atoms with E-state index in [0.29, 0.717) is 6.04 Å². The molecule has 0 spiro atoms. The molecule has 1 aromatic rings. The number of carbonyl (C=O) groups is 3. The third-order valence-electron chi connectivity index (χ3n) is 3.83. The Kier molecular flexibility index (Phi) is 8.34. The second kappa shape index (κ2) is 10.2. The van der Waals surface area contributed by atoms with Crippen LogP contribution in [-0.4, -0.2) is 62.9 Å². The van der Waals surface area contributed by atoms with E-state index in [2.05, 4.69) is 23.0 Å². The highest BCUT2D eigenvalue weighted by Crippen LogP contribution is 2.29. The van der Waals surface area contributed by atoms with E-state index < -0.39 is 30.5 Å². The highest BCUT2D eigenvalue weighted by Gasteiger charge is 2.22. The van der Waals surface area contributed by atoms with Crippen molar-refractivity contribution in [1.82, 2.24) is 15.2 Å². The zero-order chi connectivity index (χ0) is 18.8. The topological polar surface area (TPSA) is 140 Å². The van der Waals surface area contributed by atoms with Crippen LogP contribution in [0.25, 0.3) is 0 Å². The van der Waals surface area contributed by atoms with Gasteiger partial charge in [-0.1, -0.05) is 6.07 Å². The monoisotopic (exact) mass is 353 g/mol. The van der Waals surface area contributed by atoms with Gasteiger partial charge in [0.2, 0.25) is 0 Å². The Morgan fingerprint density at radius 3 is 2.52 bits per heavy atom. The molecule has 0 bridgehead atoms. The van der Waals surface area contributed by atoms with E-state index >= 15 is 0 Å². The fourth-order valence-corrected chi connectivity index (χ4v) is 2.58. The van der Waals surface area contributed by atoms with E-state index in [1.165, 1.54) is 24.9 Å². The van der Waals surface area contributed by atoms with Gasteiger partial charge >= 0.3 is 18.0 Å². The van der Waals surface area contributed by atoms with Crippen LogP contribution in [0.2, 0.25) is 0 Å². The van der Waals surface area contributed by atoms with E-state index in [-0.39, 0.29) is 6.42 Å². The average molecular weight is 353 g/mol. The lowest BCUT2D eigenvalue weighted by atomic mass is 10.1. The van der Waals surface area contributed by atoms with Crippen LogP contribution in [0, 0.1) is 0 Å². The number of aromatic nitrogens is 1. The second-order valence-electron chi connectivity index (χ2n) is 5.70. The van der Waals surface area contributed by atoms with Gasteiger partial charge in [0.15, 0.2) is 0 Å². The molecule has 2 rings (SSSR count). The normalized spacial score (nSPS) is 17.9. The van der Waals surface area contributed by atoms with Crippen LogP contribution < -0.4 is 5.32 Å². The molecule has 9 nitrogen and oxygen atoms in total. The van der Waals surface area contributed by atoms with Crippen LogP contribution in [0.3, 0.4) is 0 Å². The van der Waals surface area contributed by atoms with Crippen molar-refractivity contribution in [3.05, 3.63) is 30.1 Å². The third kappa shape index (κ3) is 7.62. The molecule has 1 amide bonds. The predicted octanol–water partition coefficient (Wildman–Crippen LogP) is 1.42. The van der Waals surface area contributed by atoms with E-state index in [9.17, 15) is 14.4 Å². The fraction of sp³-hybridized carbons (Fsp3) is 0.500. The maximum absolute atomic E-state index is 10.3. The first-order chi connectivity index (χ1) is 11.8. The van der Waals surface area contributed by atoms with Gasteiger partial charge < -0.3 is 20.6 Å². The van der Waals surface area contributed by atoms with Gasteiger partial charge in [-0.3, -0.25) is 14.7 Å². The number of carboxylic acid groups (broad SMARTS) is 3. The Labute approximate surface area is 145 Å². The summed E-state index contributed by atoms with van der Waals surface area (Å²) < 4.78 is 0. The van der Waals surface area contributed by atoms with Gasteiger partial charge in [0, 0.05) is 24.9 Å². The Hall–Kier alpha value is -2.68. The summed E-state index contributed by atoms with van der Waals surface area (Å²) in [5.41, 5.74) is 1.36. The van der Waals surface area contributed by atoms with Crippen molar-refractivity contribution < 1.29 is 29.7 Å². The van der Waals surface area contributed by atoms with Gasteiger partial charge in [-0.15, -0.1) is 0 Å². The molecule has 9 heteroatoms. The molecule has 0 aromatic carbocycles. The number of nitrogens with zero attached hydrogens (tertiary/aromatic N) is 2. The highest BCUT2D eigenvalue weighted by molar-refractivity contribution is 5.79. The molecule has 1 saturated heterocycles. The van der Waals surface area contributed by atoms with Gasteiger partial charge in [0.25, 0.3) is 0 Å². The van der Waals surface area contributed by atoms with Crippen LogP contribution >= 0.6 is 0 Å². The lowest BCUT2D eigenvalue weighted by Gasteiger charge is -2.18. The second-order valence-corrected chi connectivity index (χ2v) is 5.70. The lowest BCUT2D eigenvalue weighted by molar-refractivity contribution is -0.140. The van der Waals surface area contributed by atoms with Gasteiger partial charge in [0.1, 0.15) is 6.04 Å². The summed E-state index contributed by atoms with van der Waals surface area (Å²) in [6.45, 7) is 1.22. The van der Waals surface area contributed by atoms with Crippen LogP contribution in [0.4, 0.5) is 4.79 Å². The minimum absolute atomic E-state index is 0.267.